The normalized spacial score (nSPS) is 17.9. The molecule has 0 spiro atoms. The third-order valence-corrected chi connectivity index (χ3v) is 4.46. The Morgan fingerprint density at radius 2 is 2.23 bits per heavy atom. The van der Waals surface area contributed by atoms with Crippen molar-refractivity contribution < 1.29 is 0 Å². The van der Waals surface area contributed by atoms with Crippen molar-refractivity contribution >= 4 is 28.4 Å². The highest BCUT2D eigenvalue weighted by molar-refractivity contribution is 8.15. The van der Waals surface area contributed by atoms with Crippen LogP contribution in [0.25, 0.3) is 16.9 Å². The van der Waals surface area contributed by atoms with Crippen LogP contribution in [0.15, 0.2) is 36.0 Å². The summed E-state index contributed by atoms with van der Waals surface area (Å²) in [7, 11) is 1.90. The largest absolute Gasteiger partial charge is 0.317 e. The van der Waals surface area contributed by atoms with Crippen LogP contribution in [0.4, 0.5) is 5.82 Å². The Morgan fingerprint density at radius 1 is 1.32 bits per heavy atom. The molecule has 4 heterocycles. The molecule has 0 aromatic carbocycles. The Morgan fingerprint density at radius 3 is 2.95 bits per heavy atom. The zero-order valence-corrected chi connectivity index (χ0v) is 13.1. The van der Waals surface area contributed by atoms with Gasteiger partial charge in [0.05, 0.1) is 24.6 Å². The monoisotopic (exact) mass is 313 g/mol. The van der Waals surface area contributed by atoms with E-state index in [-0.39, 0.29) is 0 Å². The maximum Gasteiger partial charge on any atom is 0.180 e. The number of aryl methyl sites for hydroxylation is 1. The van der Waals surface area contributed by atoms with E-state index in [4.69, 9.17) is 0 Å². The van der Waals surface area contributed by atoms with Gasteiger partial charge in [0.15, 0.2) is 16.6 Å². The molecule has 8 heteroatoms. The summed E-state index contributed by atoms with van der Waals surface area (Å²) in [4.78, 5) is 13.4. The van der Waals surface area contributed by atoms with Crippen LogP contribution < -0.4 is 5.32 Å². The standard InChI is InChI=1S/C14H15N7S/c1-9-5-17-14(22-9)19-12-13-16-7-11(21(13)4-3-15-12)10-6-18-20(2)8-10/h3-4,6-9H,5H2,1-2H3,(H,15,17,19). The van der Waals surface area contributed by atoms with Crippen molar-refractivity contribution in [3.8, 4) is 11.3 Å². The minimum absolute atomic E-state index is 0.507. The molecule has 0 bridgehead atoms. The molecular formula is C14H15N7S. The van der Waals surface area contributed by atoms with Gasteiger partial charge in [0.25, 0.3) is 0 Å². The lowest BCUT2D eigenvalue weighted by molar-refractivity contribution is 0.768. The van der Waals surface area contributed by atoms with E-state index in [1.165, 1.54) is 0 Å². The summed E-state index contributed by atoms with van der Waals surface area (Å²) < 4.78 is 3.79. The summed E-state index contributed by atoms with van der Waals surface area (Å²) in [5.74, 6) is 0.720. The summed E-state index contributed by atoms with van der Waals surface area (Å²) in [6.45, 7) is 3.00. The van der Waals surface area contributed by atoms with Gasteiger partial charge in [-0.1, -0.05) is 18.7 Å². The van der Waals surface area contributed by atoms with E-state index >= 15 is 0 Å². The first kappa shape index (κ1) is 13.3. The summed E-state index contributed by atoms with van der Waals surface area (Å²) >= 11 is 1.72. The second-order valence-electron chi connectivity index (χ2n) is 5.21. The van der Waals surface area contributed by atoms with E-state index < -0.39 is 0 Å². The highest BCUT2D eigenvalue weighted by Gasteiger charge is 2.17. The summed E-state index contributed by atoms with van der Waals surface area (Å²) in [5, 5.41) is 8.91. The molecule has 22 heavy (non-hydrogen) atoms. The number of imidazole rings is 1. The van der Waals surface area contributed by atoms with Gasteiger partial charge >= 0.3 is 0 Å². The molecule has 1 unspecified atom stereocenters. The van der Waals surface area contributed by atoms with E-state index in [1.807, 2.05) is 36.2 Å². The zero-order valence-electron chi connectivity index (χ0n) is 12.3. The molecular weight excluding hydrogens is 298 g/mol. The summed E-state index contributed by atoms with van der Waals surface area (Å²) in [6.07, 6.45) is 9.30. The third-order valence-electron chi connectivity index (χ3n) is 3.46. The Kier molecular flexibility index (Phi) is 3.11. The van der Waals surface area contributed by atoms with E-state index in [0.717, 1.165) is 34.4 Å². The molecule has 1 aliphatic heterocycles. The van der Waals surface area contributed by atoms with Crippen LogP contribution in [0, 0.1) is 0 Å². The van der Waals surface area contributed by atoms with E-state index in [9.17, 15) is 0 Å². The van der Waals surface area contributed by atoms with Crippen molar-refractivity contribution in [3.63, 3.8) is 0 Å². The molecule has 7 nitrogen and oxygen atoms in total. The van der Waals surface area contributed by atoms with Gasteiger partial charge in [-0.15, -0.1) is 0 Å². The lowest BCUT2D eigenvalue weighted by Gasteiger charge is -2.07. The predicted molar refractivity (Wildman–Crippen MR) is 88.2 cm³/mol. The first-order chi connectivity index (χ1) is 10.7. The Balaban J connectivity index is 1.74. The summed E-state index contributed by atoms with van der Waals surface area (Å²) in [6, 6.07) is 0. The van der Waals surface area contributed by atoms with Crippen molar-refractivity contribution in [2.75, 3.05) is 11.9 Å². The number of anilines is 1. The van der Waals surface area contributed by atoms with Crippen LogP contribution in [0.5, 0.6) is 0 Å². The molecule has 1 aliphatic rings. The molecule has 4 rings (SSSR count). The number of hydrogen-bond donors (Lipinski definition) is 1. The molecule has 0 radical (unpaired) electrons. The fourth-order valence-electron chi connectivity index (χ4n) is 2.42. The second kappa shape index (κ2) is 5.13. The van der Waals surface area contributed by atoms with Crippen LogP contribution >= 0.6 is 11.8 Å². The maximum absolute atomic E-state index is 4.50. The van der Waals surface area contributed by atoms with Gasteiger partial charge in [-0.2, -0.15) is 5.10 Å². The van der Waals surface area contributed by atoms with E-state index in [2.05, 4.69) is 32.3 Å². The van der Waals surface area contributed by atoms with Gasteiger partial charge in [-0.25, -0.2) is 9.97 Å². The Labute approximate surface area is 131 Å². The zero-order chi connectivity index (χ0) is 15.1. The van der Waals surface area contributed by atoms with Gasteiger partial charge < -0.3 is 5.32 Å². The van der Waals surface area contributed by atoms with Gasteiger partial charge in [0.2, 0.25) is 0 Å². The lowest BCUT2D eigenvalue weighted by Crippen LogP contribution is -2.09. The Hall–Kier alpha value is -2.35. The summed E-state index contributed by atoms with van der Waals surface area (Å²) in [5.41, 5.74) is 2.79. The predicted octanol–water partition coefficient (Wildman–Crippen LogP) is 2.03. The number of aromatic nitrogens is 5. The average Bonchev–Trinajstić information content (AvgIpc) is 3.19. The van der Waals surface area contributed by atoms with E-state index in [0.29, 0.717) is 5.25 Å². The van der Waals surface area contributed by atoms with Crippen LogP contribution in [0.1, 0.15) is 6.92 Å². The first-order valence-electron chi connectivity index (χ1n) is 7.00. The van der Waals surface area contributed by atoms with Crippen molar-refractivity contribution in [1.82, 2.24) is 24.1 Å². The number of thioether (sulfide) groups is 1. The van der Waals surface area contributed by atoms with Crippen LogP contribution in [-0.2, 0) is 7.05 Å². The van der Waals surface area contributed by atoms with Gasteiger partial charge in [-0.3, -0.25) is 14.1 Å². The Bertz CT molecular complexity index is 863. The average molecular weight is 313 g/mol. The number of nitrogens with one attached hydrogen (secondary N) is 1. The van der Waals surface area contributed by atoms with Crippen LogP contribution in [0.2, 0.25) is 0 Å². The minimum atomic E-state index is 0.507. The van der Waals surface area contributed by atoms with Crippen molar-refractivity contribution in [3.05, 3.63) is 31.0 Å². The molecule has 0 aliphatic carbocycles. The highest BCUT2D eigenvalue weighted by atomic mass is 32.2. The lowest BCUT2D eigenvalue weighted by atomic mass is 10.3. The van der Waals surface area contributed by atoms with Crippen molar-refractivity contribution in [2.45, 2.75) is 12.2 Å². The SMILES string of the molecule is CC1CN=C(Nc2nccn3c(-c4cnn(C)c4)cnc23)S1. The number of nitrogens with zero attached hydrogens (tertiary/aromatic N) is 6. The fraction of sp³-hybridized carbons (Fsp3) is 0.286. The maximum atomic E-state index is 4.50. The van der Waals surface area contributed by atoms with Gasteiger partial charge in [0, 0.05) is 36.5 Å². The number of aliphatic imine (C=N–C) groups is 1. The molecule has 3 aromatic rings. The molecule has 0 saturated carbocycles. The highest BCUT2D eigenvalue weighted by Crippen LogP contribution is 2.25. The minimum Gasteiger partial charge on any atom is -0.317 e. The van der Waals surface area contributed by atoms with Crippen LogP contribution in [-0.4, -0.2) is 41.1 Å². The number of rotatable bonds is 2. The van der Waals surface area contributed by atoms with Crippen LogP contribution in [0.3, 0.4) is 0 Å². The second-order valence-corrected chi connectivity index (χ2v) is 6.64. The van der Waals surface area contributed by atoms with Crippen molar-refractivity contribution in [2.24, 2.45) is 12.0 Å². The fourth-order valence-corrected chi connectivity index (χ4v) is 3.26. The number of fused-ring (bicyclic) bond motifs is 1. The molecule has 0 saturated heterocycles. The molecule has 112 valence electrons. The van der Waals surface area contributed by atoms with Gasteiger partial charge in [-0.05, 0) is 0 Å². The molecule has 1 N–H and O–H groups in total. The topological polar surface area (TPSA) is 72.4 Å². The van der Waals surface area contributed by atoms with Gasteiger partial charge in [0.1, 0.15) is 0 Å². The molecule has 0 amide bonds. The first-order valence-corrected chi connectivity index (χ1v) is 7.88. The van der Waals surface area contributed by atoms with E-state index in [1.54, 1.807) is 22.6 Å². The molecule has 3 aromatic heterocycles. The number of hydrogen-bond acceptors (Lipinski definition) is 6. The number of amidine groups is 1. The van der Waals surface area contributed by atoms with Crippen molar-refractivity contribution in [1.29, 1.82) is 0 Å². The molecule has 0 fully saturated rings. The smallest absolute Gasteiger partial charge is 0.180 e. The molecule has 1 atom stereocenters. The quantitative estimate of drug-likeness (QED) is 0.784. The third kappa shape index (κ3) is 2.25.